The zero-order chi connectivity index (χ0) is 19.9. The van der Waals surface area contributed by atoms with Crippen LogP contribution in [0.1, 0.15) is 22.4 Å². The van der Waals surface area contributed by atoms with Gasteiger partial charge in [-0.15, -0.1) is 5.10 Å². The van der Waals surface area contributed by atoms with Gasteiger partial charge in [-0.2, -0.15) is 26.3 Å². The molecule has 2 aromatic rings. The topological polar surface area (TPSA) is 35.0 Å². The molecule has 0 amide bonds. The maximum Gasteiger partial charge on any atom is 0.435 e. The van der Waals surface area contributed by atoms with Gasteiger partial charge < -0.3 is 4.74 Å². The molecule has 2 rings (SSSR count). The lowest BCUT2D eigenvalue weighted by atomic mass is 9.85. The number of aromatic nitrogens is 2. The third-order valence-corrected chi connectivity index (χ3v) is 4.45. The van der Waals surface area contributed by atoms with Gasteiger partial charge >= 0.3 is 18.0 Å². The van der Waals surface area contributed by atoms with Crippen LogP contribution in [0.3, 0.4) is 0 Å². The van der Waals surface area contributed by atoms with Crippen LogP contribution in [-0.4, -0.2) is 29.0 Å². The van der Waals surface area contributed by atoms with E-state index in [0.717, 1.165) is 0 Å². The molecule has 1 aromatic heterocycles. The minimum Gasteiger partial charge on any atom is -0.380 e. The van der Waals surface area contributed by atoms with E-state index in [1.165, 1.54) is 21.0 Å². The predicted octanol–water partition coefficient (Wildman–Crippen LogP) is 5.06. The van der Waals surface area contributed by atoms with E-state index in [-0.39, 0.29) is 28.3 Å². The second-order valence-corrected chi connectivity index (χ2v) is 6.25. The van der Waals surface area contributed by atoms with Gasteiger partial charge in [-0.05, 0) is 42.6 Å². The normalized spacial score (nSPS) is 13.3. The third kappa shape index (κ3) is 3.29. The molecule has 0 aliphatic carbocycles. The first-order valence-corrected chi connectivity index (χ1v) is 7.78. The van der Waals surface area contributed by atoms with Gasteiger partial charge in [0.25, 0.3) is 0 Å². The highest BCUT2D eigenvalue weighted by Crippen LogP contribution is 2.56. The quantitative estimate of drug-likeness (QED) is 0.672. The van der Waals surface area contributed by atoms with E-state index in [1.54, 1.807) is 0 Å². The summed E-state index contributed by atoms with van der Waals surface area (Å²) in [6, 6.07) is 3.13. The molecule has 0 aliphatic heterocycles. The summed E-state index contributed by atoms with van der Waals surface area (Å²) in [6.07, 6.45) is -12.5. The van der Waals surface area contributed by atoms with Crippen molar-refractivity contribution in [3.63, 3.8) is 0 Å². The molecule has 11 heteroatoms. The Balaban J connectivity index is 2.98. The van der Waals surface area contributed by atoms with Crippen LogP contribution in [0, 0.1) is 19.9 Å². The van der Waals surface area contributed by atoms with E-state index in [0.29, 0.717) is 17.6 Å². The van der Waals surface area contributed by atoms with Crippen LogP contribution in [0.25, 0.3) is 10.4 Å². The minimum atomic E-state index is -6.23. The molecule has 0 N–H and O–H groups in total. The summed E-state index contributed by atoms with van der Waals surface area (Å²) in [7, 11) is 1.20. The number of methoxy groups -OCH3 is 1. The van der Waals surface area contributed by atoms with Crippen LogP contribution in [0.2, 0.25) is 0 Å². The summed E-state index contributed by atoms with van der Waals surface area (Å²) < 4.78 is 103. The Morgan fingerprint density at radius 1 is 1.08 bits per heavy atom. The van der Waals surface area contributed by atoms with Crippen LogP contribution in [0.5, 0.6) is 0 Å². The minimum absolute atomic E-state index is 0.0672. The van der Waals surface area contributed by atoms with Crippen molar-refractivity contribution in [1.29, 1.82) is 0 Å². The molecule has 3 nitrogen and oxygen atoms in total. The van der Waals surface area contributed by atoms with Crippen molar-refractivity contribution >= 4 is 11.5 Å². The summed E-state index contributed by atoms with van der Waals surface area (Å²) in [5.74, 6) is 0. The SMILES string of the molecule is COCc1[c]c(C)cc(C(F)(C(F)(F)F)C(F)(F)F)c1-c1snnc1C. The number of nitrogens with zero attached hydrogens (tertiary/aromatic N) is 2. The summed E-state index contributed by atoms with van der Waals surface area (Å²) >= 11 is 0.562. The van der Waals surface area contributed by atoms with Crippen molar-refractivity contribution in [3.8, 4) is 10.4 Å². The molecule has 1 radical (unpaired) electrons. The lowest BCUT2D eigenvalue weighted by Gasteiger charge is -2.32. The number of halogens is 7. The fourth-order valence-electron chi connectivity index (χ4n) is 2.50. The highest BCUT2D eigenvalue weighted by atomic mass is 32.1. The molecule has 0 atom stereocenters. The van der Waals surface area contributed by atoms with E-state index < -0.39 is 29.1 Å². The molecule has 0 fully saturated rings. The first kappa shape index (κ1) is 20.6. The van der Waals surface area contributed by atoms with Gasteiger partial charge in [0, 0.05) is 18.2 Å². The number of ether oxygens (including phenoxy) is 1. The highest BCUT2D eigenvalue weighted by Gasteiger charge is 2.74. The Kier molecular flexibility index (Phi) is 5.35. The maximum absolute atomic E-state index is 14.8. The lowest BCUT2D eigenvalue weighted by Crippen LogP contribution is -2.50. The van der Waals surface area contributed by atoms with E-state index in [2.05, 4.69) is 15.7 Å². The third-order valence-electron chi connectivity index (χ3n) is 3.60. The van der Waals surface area contributed by atoms with Crippen molar-refractivity contribution in [2.24, 2.45) is 0 Å². The van der Waals surface area contributed by atoms with Crippen LogP contribution >= 0.6 is 11.5 Å². The van der Waals surface area contributed by atoms with E-state index in [9.17, 15) is 30.7 Å². The smallest absolute Gasteiger partial charge is 0.380 e. The van der Waals surface area contributed by atoms with Crippen molar-refractivity contribution < 1.29 is 35.5 Å². The molecule has 1 aromatic carbocycles. The molecule has 0 saturated heterocycles. The molecular formula is C15H12F7N2OS. The molecule has 0 aliphatic rings. The Hall–Kier alpha value is -1.75. The summed E-state index contributed by atoms with van der Waals surface area (Å²) in [4.78, 5) is -0.112. The average Bonchev–Trinajstić information content (AvgIpc) is 2.89. The first-order valence-electron chi connectivity index (χ1n) is 7.01. The molecule has 0 saturated carbocycles. The average molecular weight is 401 g/mol. The molecule has 0 unspecified atom stereocenters. The second-order valence-electron chi connectivity index (χ2n) is 5.49. The Morgan fingerprint density at radius 3 is 2.08 bits per heavy atom. The van der Waals surface area contributed by atoms with Crippen molar-refractivity contribution in [3.05, 3.63) is 34.5 Å². The van der Waals surface area contributed by atoms with E-state index in [4.69, 9.17) is 4.74 Å². The Bertz CT molecular complexity index is 784. The summed E-state index contributed by atoms with van der Waals surface area (Å²) in [6.45, 7) is 2.20. The van der Waals surface area contributed by atoms with Crippen LogP contribution in [0.15, 0.2) is 6.07 Å². The highest BCUT2D eigenvalue weighted by molar-refractivity contribution is 7.09. The van der Waals surface area contributed by atoms with Gasteiger partial charge in [0.05, 0.1) is 17.2 Å². The Morgan fingerprint density at radius 2 is 1.65 bits per heavy atom. The Labute approximate surface area is 148 Å². The predicted molar refractivity (Wildman–Crippen MR) is 79.3 cm³/mol. The molecule has 26 heavy (non-hydrogen) atoms. The lowest BCUT2D eigenvalue weighted by molar-refractivity contribution is -0.348. The standard InChI is InChI=1S/C15H12F7N2OS/c1-7-4-9(6-25-3)11(12-8(2)23-24-26-12)10(5-7)13(16,14(17,18)19)15(20,21)22/h5H,6H2,1-3H3. The molecule has 0 spiro atoms. The van der Waals surface area contributed by atoms with Gasteiger partial charge in [0.1, 0.15) is 0 Å². The van der Waals surface area contributed by atoms with Crippen LogP contribution < -0.4 is 0 Å². The number of hydrogen-bond acceptors (Lipinski definition) is 4. The van der Waals surface area contributed by atoms with Crippen LogP contribution in [-0.2, 0) is 17.0 Å². The summed E-state index contributed by atoms with van der Waals surface area (Å²) in [5.41, 5.74) is -7.93. The maximum atomic E-state index is 14.8. The van der Waals surface area contributed by atoms with E-state index in [1.807, 2.05) is 0 Å². The van der Waals surface area contributed by atoms with Gasteiger partial charge in [-0.1, -0.05) is 10.6 Å². The van der Waals surface area contributed by atoms with Crippen molar-refractivity contribution in [2.45, 2.75) is 38.5 Å². The number of rotatable bonds is 4. The second kappa shape index (κ2) is 6.76. The first-order chi connectivity index (χ1) is 11.8. The largest absolute Gasteiger partial charge is 0.435 e. The van der Waals surface area contributed by atoms with Gasteiger partial charge in [0.15, 0.2) is 0 Å². The zero-order valence-corrected chi connectivity index (χ0v) is 14.5. The summed E-state index contributed by atoms with van der Waals surface area (Å²) in [5, 5.41) is 3.59. The fourth-order valence-corrected chi connectivity index (χ4v) is 3.24. The van der Waals surface area contributed by atoms with Gasteiger partial charge in [-0.25, -0.2) is 4.39 Å². The molecule has 143 valence electrons. The van der Waals surface area contributed by atoms with Crippen molar-refractivity contribution in [2.75, 3.05) is 7.11 Å². The fraction of sp³-hybridized carbons (Fsp3) is 0.467. The zero-order valence-electron chi connectivity index (χ0n) is 13.6. The van der Waals surface area contributed by atoms with Crippen LogP contribution in [0.4, 0.5) is 30.7 Å². The van der Waals surface area contributed by atoms with Gasteiger partial charge in [0.2, 0.25) is 0 Å². The number of aryl methyl sites for hydroxylation is 2. The number of hydrogen-bond donors (Lipinski definition) is 0. The van der Waals surface area contributed by atoms with Crippen molar-refractivity contribution in [1.82, 2.24) is 9.59 Å². The van der Waals surface area contributed by atoms with Gasteiger partial charge in [-0.3, -0.25) is 0 Å². The van der Waals surface area contributed by atoms with E-state index >= 15 is 0 Å². The molecule has 1 heterocycles. The number of benzene rings is 1. The monoisotopic (exact) mass is 401 g/mol. The molecular weight excluding hydrogens is 389 g/mol. The number of alkyl halides is 7. The molecule has 0 bridgehead atoms.